The fourth-order valence-corrected chi connectivity index (χ4v) is 2.61. The molecule has 0 atom stereocenters. The summed E-state index contributed by atoms with van der Waals surface area (Å²) in [4.78, 5) is 13.3. The van der Waals surface area contributed by atoms with E-state index in [2.05, 4.69) is 20.1 Å². The Morgan fingerprint density at radius 1 is 0.880 bits per heavy atom. The summed E-state index contributed by atoms with van der Waals surface area (Å²) in [5, 5.41) is 3.74. The minimum absolute atomic E-state index is 0.354. The van der Waals surface area contributed by atoms with Gasteiger partial charge in [-0.25, -0.2) is 4.98 Å². The summed E-state index contributed by atoms with van der Waals surface area (Å²) in [5.41, 5.74) is 12.0. The van der Waals surface area contributed by atoms with Gasteiger partial charge in [0.1, 0.15) is 6.26 Å². The van der Waals surface area contributed by atoms with Crippen LogP contribution in [0.2, 0.25) is 0 Å². The molecular weight excluding hydrogens is 314 g/mol. The summed E-state index contributed by atoms with van der Waals surface area (Å²) in [6.45, 7) is 0.354. The first-order chi connectivity index (χ1) is 12.3. The summed E-state index contributed by atoms with van der Waals surface area (Å²) in [7, 11) is 0. The van der Waals surface area contributed by atoms with E-state index < -0.39 is 0 Å². The molecule has 4 aromatic heterocycles. The summed E-state index contributed by atoms with van der Waals surface area (Å²) in [6, 6.07) is 11.8. The van der Waals surface area contributed by atoms with Gasteiger partial charge in [-0.15, -0.1) is 0 Å². The number of aromatic nitrogens is 4. The van der Waals surface area contributed by atoms with Crippen molar-refractivity contribution in [2.24, 2.45) is 5.73 Å². The van der Waals surface area contributed by atoms with E-state index in [0.717, 1.165) is 39.3 Å². The predicted octanol–water partition coefficient (Wildman–Crippen LogP) is 3.32. The lowest BCUT2D eigenvalue weighted by molar-refractivity contribution is 0.420. The van der Waals surface area contributed by atoms with Crippen molar-refractivity contribution in [1.82, 2.24) is 20.1 Å². The highest BCUT2D eigenvalue weighted by Gasteiger charge is 2.09. The van der Waals surface area contributed by atoms with Gasteiger partial charge in [-0.2, -0.15) is 0 Å². The van der Waals surface area contributed by atoms with Crippen molar-refractivity contribution in [3.05, 3.63) is 73.1 Å². The Hall–Kier alpha value is -3.38. The molecule has 2 N–H and O–H groups in total. The molecule has 0 aromatic carbocycles. The van der Waals surface area contributed by atoms with Crippen LogP contribution in [0.1, 0.15) is 5.69 Å². The molecule has 0 unspecified atom stereocenters. The van der Waals surface area contributed by atoms with E-state index in [9.17, 15) is 0 Å². The van der Waals surface area contributed by atoms with Crippen molar-refractivity contribution in [3.8, 4) is 33.6 Å². The molecule has 25 heavy (non-hydrogen) atoms. The zero-order chi connectivity index (χ0) is 17.1. The molecule has 4 heterocycles. The van der Waals surface area contributed by atoms with Crippen molar-refractivity contribution in [3.63, 3.8) is 0 Å². The molecule has 4 rings (SSSR count). The molecule has 0 spiro atoms. The number of nitrogens with zero attached hydrogens (tertiary/aromatic N) is 4. The third-order valence-corrected chi connectivity index (χ3v) is 3.85. The maximum absolute atomic E-state index is 5.83. The number of nitrogens with two attached hydrogens (primary N) is 1. The second-order valence-corrected chi connectivity index (χ2v) is 5.53. The summed E-state index contributed by atoms with van der Waals surface area (Å²) in [6.07, 6.45) is 8.60. The van der Waals surface area contributed by atoms with Crippen LogP contribution in [0, 0.1) is 0 Å². The van der Waals surface area contributed by atoms with Crippen LogP contribution in [0.4, 0.5) is 0 Å². The molecule has 0 amide bonds. The number of rotatable bonds is 4. The Balaban J connectivity index is 1.81. The van der Waals surface area contributed by atoms with Crippen molar-refractivity contribution in [2.75, 3.05) is 0 Å². The molecule has 0 bridgehead atoms. The van der Waals surface area contributed by atoms with Gasteiger partial charge in [0.15, 0.2) is 0 Å². The summed E-state index contributed by atoms with van der Waals surface area (Å²) < 4.78 is 4.92. The lowest BCUT2D eigenvalue weighted by atomic mass is 10.0. The van der Waals surface area contributed by atoms with E-state index in [1.54, 1.807) is 24.9 Å². The Labute approximate surface area is 144 Å². The number of hydrogen-bond acceptors (Lipinski definition) is 6. The van der Waals surface area contributed by atoms with Crippen LogP contribution < -0.4 is 5.73 Å². The first-order valence-corrected chi connectivity index (χ1v) is 7.81. The molecule has 0 aliphatic rings. The summed E-state index contributed by atoms with van der Waals surface area (Å²) >= 11 is 0. The number of hydrogen-bond donors (Lipinski definition) is 1. The van der Waals surface area contributed by atoms with Gasteiger partial charge in [0.2, 0.25) is 0 Å². The Morgan fingerprint density at radius 3 is 2.48 bits per heavy atom. The smallest absolute Gasteiger partial charge is 0.131 e. The maximum Gasteiger partial charge on any atom is 0.131 e. The molecule has 0 saturated heterocycles. The van der Waals surface area contributed by atoms with Crippen LogP contribution >= 0.6 is 0 Å². The average Bonchev–Trinajstić information content (AvgIpc) is 3.23. The average molecular weight is 329 g/mol. The van der Waals surface area contributed by atoms with Crippen LogP contribution in [0.3, 0.4) is 0 Å². The minimum atomic E-state index is 0.354. The minimum Gasteiger partial charge on any atom is -0.364 e. The van der Waals surface area contributed by atoms with Crippen LogP contribution in [0.5, 0.6) is 0 Å². The quantitative estimate of drug-likeness (QED) is 0.617. The van der Waals surface area contributed by atoms with Crippen LogP contribution in [-0.4, -0.2) is 20.1 Å². The third-order valence-electron chi connectivity index (χ3n) is 3.85. The van der Waals surface area contributed by atoms with Gasteiger partial charge in [-0.3, -0.25) is 9.97 Å². The van der Waals surface area contributed by atoms with Crippen molar-refractivity contribution < 1.29 is 4.52 Å². The topological polar surface area (TPSA) is 90.7 Å². The van der Waals surface area contributed by atoms with Gasteiger partial charge in [0, 0.05) is 41.8 Å². The largest absolute Gasteiger partial charge is 0.364 e. The monoisotopic (exact) mass is 329 g/mol. The molecular formula is C19H15N5O. The highest BCUT2D eigenvalue weighted by Crippen LogP contribution is 2.28. The highest BCUT2D eigenvalue weighted by atomic mass is 16.5. The Kier molecular flexibility index (Phi) is 4.02. The molecule has 0 fully saturated rings. The molecule has 0 aliphatic heterocycles. The highest BCUT2D eigenvalue weighted by molar-refractivity contribution is 5.73. The first kappa shape index (κ1) is 15.2. The van der Waals surface area contributed by atoms with E-state index >= 15 is 0 Å². The van der Waals surface area contributed by atoms with Gasteiger partial charge in [0.25, 0.3) is 0 Å². The summed E-state index contributed by atoms with van der Waals surface area (Å²) in [5.74, 6) is 0. The molecule has 6 nitrogen and oxygen atoms in total. The van der Waals surface area contributed by atoms with Crippen molar-refractivity contribution in [1.29, 1.82) is 0 Å². The maximum atomic E-state index is 5.83. The molecule has 122 valence electrons. The lowest BCUT2D eigenvalue weighted by Crippen LogP contribution is -2.01. The standard InChI is InChI=1S/C19H15N5O/c20-8-17-6-13(7-19(24-17)18-3-1-2-4-22-18)14-5-15(10-21-9-14)16-11-23-25-12-16/h1-7,9-12H,8,20H2. The van der Waals surface area contributed by atoms with Gasteiger partial charge in [0.05, 0.1) is 23.3 Å². The lowest BCUT2D eigenvalue weighted by Gasteiger charge is -2.09. The van der Waals surface area contributed by atoms with E-state index in [1.165, 1.54) is 0 Å². The van der Waals surface area contributed by atoms with Gasteiger partial charge in [-0.05, 0) is 35.9 Å². The van der Waals surface area contributed by atoms with Crippen molar-refractivity contribution in [2.45, 2.75) is 6.54 Å². The van der Waals surface area contributed by atoms with Crippen LogP contribution in [0.15, 0.2) is 72.0 Å². The fourth-order valence-electron chi connectivity index (χ4n) is 2.61. The molecule has 0 saturated carbocycles. The van der Waals surface area contributed by atoms with Gasteiger partial charge >= 0.3 is 0 Å². The fraction of sp³-hybridized carbons (Fsp3) is 0.0526. The van der Waals surface area contributed by atoms with Gasteiger partial charge < -0.3 is 10.3 Å². The molecule has 4 aromatic rings. The normalized spacial score (nSPS) is 10.8. The zero-order valence-corrected chi connectivity index (χ0v) is 13.3. The van der Waals surface area contributed by atoms with Gasteiger partial charge in [-0.1, -0.05) is 11.2 Å². The molecule has 0 aliphatic carbocycles. The molecule has 6 heteroatoms. The third kappa shape index (κ3) is 3.15. The first-order valence-electron chi connectivity index (χ1n) is 7.81. The SMILES string of the molecule is NCc1cc(-c2cncc(-c3cnoc3)c2)cc(-c2ccccn2)n1. The molecule has 0 radical (unpaired) electrons. The predicted molar refractivity (Wildman–Crippen MR) is 94.1 cm³/mol. The van der Waals surface area contributed by atoms with E-state index in [1.807, 2.05) is 42.6 Å². The van der Waals surface area contributed by atoms with E-state index in [4.69, 9.17) is 10.3 Å². The van der Waals surface area contributed by atoms with Crippen LogP contribution in [-0.2, 0) is 6.54 Å². The number of pyridine rings is 3. The van der Waals surface area contributed by atoms with Crippen molar-refractivity contribution >= 4 is 0 Å². The Morgan fingerprint density at radius 2 is 1.76 bits per heavy atom. The van der Waals surface area contributed by atoms with Crippen LogP contribution in [0.25, 0.3) is 33.6 Å². The second kappa shape index (κ2) is 6.62. The van der Waals surface area contributed by atoms with E-state index in [-0.39, 0.29) is 0 Å². The Bertz CT molecular complexity index is 984. The second-order valence-electron chi connectivity index (χ2n) is 5.53. The van der Waals surface area contributed by atoms with E-state index in [0.29, 0.717) is 6.54 Å². The zero-order valence-electron chi connectivity index (χ0n) is 13.3.